The van der Waals surface area contributed by atoms with Crippen LogP contribution < -0.4 is 5.73 Å². The van der Waals surface area contributed by atoms with Crippen molar-refractivity contribution in [3.05, 3.63) is 23.4 Å². The van der Waals surface area contributed by atoms with Gasteiger partial charge in [-0.15, -0.1) is 11.8 Å². The number of aromatic nitrogens is 1. The molecule has 0 spiro atoms. The molecule has 0 radical (unpaired) electrons. The number of thioether (sulfide) groups is 1. The maximum atomic E-state index is 7.49. The number of pyridine rings is 1. The third kappa shape index (κ3) is 3.85. The highest BCUT2D eigenvalue weighted by molar-refractivity contribution is 7.99. The zero-order chi connectivity index (χ0) is 12.1. The summed E-state index contributed by atoms with van der Waals surface area (Å²) in [4.78, 5) is 4.43. The Hall–Kier alpha value is -1.03. The number of nitrogens with zero attached hydrogens (tertiary/aromatic N) is 1. The third-order valence-electron chi connectivity index (χ3n) is 2.22. The first-order chi connectivity index (χ1) is 7.50. The molecule has 1 aromatic heterocycles. The van der Waals surface area contributed by atoms with Crippen LogP contribution in [0.4, 0.5) is 0 Å². The van der Waals surface area contributed by atoms with Crippen LogP contribution in [0.1, 0.15) is 31.5 Å². The average Bonchev–Trinajstić information content (AvgIpc) is 2.16. The van der Waals surface area contributed by atoms with E-state index in [9.17, 15) is 0 Å². The van der Waals surface area contributed by atoms with E-state index in [1.165, 1.54) is 0 Å². The Kier molecular flexibility index (Phi) is 4.80. The molecule has 0 aliphatic heterocycles. The van der Waals surface area contributed by atoms with E-state index in [4.69, 9.17) is 11.1 Å². The molecule has 0 fully saturated rings. The minimum atomic E-state index is 0.0968. The van der Waals surface area contributed by atoms with Gasteiger partial charge < -0.3 is 5.73 Å². The Morgan fingerprint density at radius 2 is 2.19 bits per heavy atom. The van der Waals surface area contributed by atoms with Crippen molar-refractivity contribution in [3.8, 4) is 0 Å². The summed E-state index contributed by atoms with van der Waals surface area (Å²) in [5.41, 5.74) is 7.25. The zero-order valence-electron chi connectivity index (χ0n) is 10.1. The van der Waals surface area contributed by atoms with Gasteiger partial charge in [-0.1, -0.05) is 13.8 Å². The number of nitrogen functional groups attached to an aromatic ring is 1. The van der Waals surface area contributed by atoms with E-state index in [1.807, 2.05) is 19.1 Å². The van der Waals surface area contributed by atoms with Crippen molar-refractivity contribution in [2.45, 2.75) is 32.2 Å². The lowest BCUT2D eigenvalue weighted by molar-refractivity contribution is 0.632. The van der Waals surface area contributed by atoms with Gasteiger partial charge in [-0.05, 0) is 37.1 Å². The fourth-order valence-corrected chi connectivity index (χ4v) is 2.56. The van der Waals surface area contributed by atoms with Crippen molar-refractivity contribution in [2.24, 2.45) is 11.7 Å². The largest absolute Gasteiger partial charge is 0.384 e. The van der Waals surface area contributed by atoms with Gasteiger partial charge in [0.05, 0.1) is 0 Å². The van der Waals surface area contributed by atoms with Crippen molar-refractivity contribution in [3.63, 3.8) is 0 Å². The minimum Gasteiger partial charge on any atom is -0.384 e. The lowest BCUT2D eigenvalue weighted by Gasteiger charge is -2.08. The molecule has 0 atom stereocenters. The molecule has 1 rings (SSSR count). The van der Waals surface area contributed by atoms with Crippen molar-refractivity contribution in [2.75, 3.05) is 5.75 Å². The van der Waals surface area contributed by atoms with Gasteiger partial charge in [0.1, 0.15) is 10.9 Å². The second-order valence-electron chi connectivity index (χ2n) is 4.25. The predicted molar refractivity (Wildman–Crippen MR) is 70.2 cm³/mol. The van der Waals surface area contributed by atoms with Crippen LogP contribution in [0.5, 0.6) is 0 Å². The summed E-state index contributed by atoms with van der Waals surface area (Å²) in [5, 5.41) is 8.37. The maximum Gasteiger partial charge on any atom is 0.125 e. The van der Waals surface area contributed by atoms with E-state index in [0.29, 0.717) is 5.92 Å². The molecule has 0 aliphatic rings. The highest BCUT2D eigenvalue weighted by atomic mass is 32.2. The summed E-state index contributed by atoms with van der Waals surface area (Å²) in [7, 11) is 0. The summed E-state index contributed by atoms with van der Waals surface area (Å²) in [6.07, 6.45) is 1.15. The van der Waals surface area contributed by atoms with Crippen molar-refractivity contribution >= 4 is 17.6 Å². The van der Waals surface area contributed by atoms with E-state index in [-0.39, 0.29) is 5.84 Å². The highest BCUT2D eigenvalue weighted by Gasteiger charge is 2.08. The van der Waals surface area contributed by atoms with Gasteiger partial charge in [0.15, 0.2) is 0 Å². The smallest absolute Gasteiger partial charge is 0.125 e. The average molecular weight is 237 g/mol. The number of nitrogens with one attached hydrogen (secondary N) is 1. The topological polar surface area (TPSA) is 62.8 Å². The van der Waals surface area contributed by atoms with Crippen LogP contribution in [0.3, 0.4) is 0 Å². The van der Waals surface area contributed by atoms with Gasteiger partial charge in [0.2, 0.25) is 0 Å². The number of nitrogens with two attached hydrogens (primary N) is 1. The van der Waals surface area contributed by atoms with Gasteiger partial charge in [-0.3, -0.25) is 5.41 Å². The first-order valence-electron chi connectivity index (χ1n) is 5.45. The van der Waals surface area contributed by atoms with Gasteiger partial charge >= 0.3 is 0 Å². The predicted octanol–water partition coefficient (Wildman–Crippen LogP) is 2.81. The Bertz CT molecular complexity index is 375. The Morgan fingerprint density at radius 1 is 1.50 bits per heavy atom. The Balaban J connectivity index is 2.76. The molecule has 88 valence electrons. The number of hydrogen-bond acceptors (Lipinski definition) is 3. The molecule has 0 unspecified atom stereocenters. The fourth-order valence-electron chi connectivity index (χ4n) is 1.24. The molecule has 0 saturated carbocycles. The number of aryl methyl sites for hydroxylation is 1. The summed E-state index contributed by atoms with van der Waals surface area (Å²) >= 11 is 1.69. The Labute approximate surface area is 101 Å². The van der Waals surface area contributed by atoms with Crippen LogP contribution in [0, 0.1) is 18.3 Å². The van der Waals surface area contributed by atoms with Crippen molar-refractivity contribution in [1.82, 2.24) is 4.98 Å². The van der Waals surface area contributed by atoms with Crippen LogP contribution >= 0.6 is 11.8 Å². The molecule has 4 heteroatoms. The minimum absolute atomic E-state index is 0.0968. The van der Waals surface area contributed by atoms with Crippen LogP contribution in [-0.2, 0) is 0 Å². The Morgan fingerprint density at radius 3 is 2.75 bits per heavy atom. The van der Waals surface area contributed by atoms with Crippen molar-refractivity contribution < 1.29 is 0 Å². The molecule has 0 bridgehead atoms. The second-order valence-corrected chi connectivity index (χ2v) is 5.33. The fraction of sp³-hybridized carbons (Fsp3) is 0.500. The molecule has 0 saturated heterocycles. The number of rotatable bonds is 5. The van der Waals surface area contributed by atoms with E-state index >= 15 is 0 Å². The molecule has 3 N–H and O–H groups in total. The van der Waals surface area contributed by atoms with Gasteiger partial charge in [-0.25, -0.2) is 4.98 Å². The molecular formula is C12H19N3S. The second kappa shape index (κ2) is 5.89. The van der Waals surface area contributed by atoms with E-state index in [1.54, 1.807) is 11.8 Å². The van der Waals surface area contributed by atoms with Crippen LogP contribution in [0.15, 0.2) is 17.2 Å². The molecule has 0 aromatic carbocycles. The van der Waals surface area contributed by atoms with E-state index in [0.717, 1.165) is 28.5 Å². The van der Waals surface area contributed by atoms with Crippen LogP contribution in [-0.4, -0.2) is 16.6 Å². The monoisotopic (exact) mass is 237 g/mol. The summed E-state index contributed by atoms with van der Waals surface area (Å²) < 4.78 is 0. The summed E-state index contributed by atoms with van der Waals surface area (Å²) in [6, 6.07) is 3.77. The summed E-state index contributed by atoms with van der Waals surface area (Å²) in [5.74, 6) is 1.81. The SMILES string of the molecule is Cc1ccc(C(=N)N)c(SCCC(C)C)n1. The van der Waals surface area contributed by atoms with Crippen LogP contribution in [0.2, 0.25) is 0 Å². The molecule has 3 nitrogen and oxygen atoms in total. The normalized spacial score (nSPS) is 10.8. The quantitative estimate of drug-likeness (QED) is 0.470. The molecule has 0 amide bonds. The van der Waals surface area contributed by atoms with Crippen molar-refractivity contribution in [1.29, 1.82) is 5.41 Å². The number of amidine groups is 1. The van der Waals surface area contributed by atoms with Gasteiger partial charge in [-0.2, -0.15) is 0 Å². The third-order valence-corrected chi connectivity index (χ3v) is 3.25. The lowest BCUT2D eigenvalue weighted by Crippen LogP contribution is -2.13. The van der Waals surface area contributed by atoms with Crippen LogP contribution in [0.25, 0.3) is 0 Å². The van der Waals surface area contributed by atoms with Gasteiger partial charge in [0, 0.05) is 11.3 Å². The molecule has 1 heterocycles. The first kappa shape index (κ1) is 13.0. The standard InChI is InChI=1S/C12H19N3S/c1-8(2)6-7-16-12-10(11(13)14)5-4-9(3)15-12/h4-5,8H,6-7H2,1-3H3,(H3,13,14). The van der Waals surface area contributed by atoms with E-state index in [2.05, 4.69) is 18.8 Å². The van der Waals surface area contributed by atoms with Gasteiger partial charge in [0.25, 0.3) is 0 Å². The number of hydrogen-bond donors (Lipinski definition) is 2. The zero-order valence-corrected chi connectivity index (χ0v) is 10.9. The summed E-state index contributed by atoms with van der Waals surface area (Å²) in [6.45, 7) is 6.36. The maximum absolute atomic E-state index is 7.49. The lowest BCUT2D eigenvalue weighted by atomic mass is 10.2. The van der Waals surface area contributed by atoms with E-state index < -0.39 is 0 Å². The highest BCUT2D eigenvalue weighted by Crippen LogP contribution is 2.22. The molecule has 16 heavy (non-hydrogen) atoms. The molecular weight excluding hydrogens is 218 g/mol. The molecule has 1 aromatic rings. The first-order valence-corrected chi connectivity index (χ1v) is 6.44. The molecule has 0 aliphatic carbocycles.